The second-order valence-electron chi connectivity index (χ2n) is 4.36. The molecule has 2 atom stereocenters. The molecule has 1 aromatic rings. The maximum absolute atomic E-state index is 12.9. The summed E-state index contributed by atoms with van der Waals surface area (Å²) in [6.45, 7) is 2.03. The summed E-state index contributed by atoms with van der Waals surface area (Å²) in [5.41, 5.74) is 6.27. The van der Waals surface area contributed by atoms with E-state index in [1.54, 1.807) is 0 Å². The van der Waals surface area contributed by atoms with E-state index in [4.69, 9.17) is 5.73 Å². The topological polar surface area (TPSA) is 46.2 Å². The Hall–Kier alpha value is -1.00. The summed E-state index contributed by atoms with van der Waals surface area (Å²) in [6.07, 6.45) is 2.15. The van der Waals surface area contributed by atoms with Gasteiger partial charge in [0.2, 0.25) is 0 Å². The van der Waals surface area contributed by atoms with Gasteiger partial charge in [0.1, 0.15) is 11.6 Å². The molecule has 0 bridgehead atoms. The van der Waals surface area contributed by atoms with Gasteiger partial charge in [0.05, 0.1) is 6.10 Å². The Bertz CT molecular complexity index is 337. The average Bonchev–Trinajstić information content (AvgIpc) is 2.24. The summed E-state index contributed by atoms with van der Waals surface area (Å²) in [6, 6.07) is 2.83. The van der Waals surface area contributed by atoms with Crippen molar-refractivity contribution in [2.75, 3.05) is 0 Å². The second kappa shape index (κ2) is 6.67. The molecule has 0 aliphatic rings. The average molecular weight is 243 g/mol. The zero-order valence-electron chi connectivity index (χ0n) is 10.00. The van der Waals surface area contributed by atoms with E-state index in [9.17, 15) is 13.9 Å². The highest BCUT2D eigenvalue weighted by Crippen LogP contribution is 2.12. The molecule has 1 aromatic carbocycles. The van der Waals surface area contributed by atoms with Crippen LogP contribution in [0.2, 0.25) is 0 Å². The molecular formula is C13H19F2NO. The number of unbranched alkanes of at least 4 members (excludes halogenated alkanes) is 1. The third-order valence-electron chi connectivity index (χ3n) is 2.74. The van der Waals surface area contributed by atoms with E-state index in [-0.39, 0.29) is 6.42 Å². The zero-order chi connectivity index (χ0) is 12.8. The lowest BCUT2D eigenvalue weighted by Crippen LogP contribution is -2.36. The Morgan fingerprint density at radius 2 is 1.82 bits per heavy atom. The van der Waals surface area contributed by atoms with E-state index in [1.165, 1.54) is 12.1 Å². The number of hydrogen-bond donors (Lipinski definition) is 2. The van der Waals surface area contributed by atoms with Crippen LogP contribution in [0.5, 0.6) is 0 Å². The number of halogens is 2. The molecule has 0 amide bonds. The third-order valence-corrected chi connectivity index (χ3v) is 2.74. The van der Waals surface area contributed by atoms with Crippen LogP contribution in [0.25, 0.3) is 0 Å². The molecule has 2 nitrogen and oxygen atoms in total. The van der Waals surface area contributed by atoms with Crippen LogP contribution in [0.4, 0.5) is 8.78 Å². The molecule has 0 aliphatic heterocycles. The number of benzene rings is 1. The largest absolute Gasteiger partial charge is 0.392 e. The van der Waals surface area contributed by atoms with Crippen molar-refractivity contribution in [2.45, 2.75) is 44.8 Å². The molecule has 0 unspecified atom stereocenters. The summed E-state index contributed by atoms with van der Waals surface area (Å²) in [7, 11) is 0. The fourth-order valence-electron chi connectivity index (χ4n) is 1.76. The molecule has 17 heavy (non-hydrogen) atoms. The first-order valence-corrected chi connectivity index (χ1v) is 5.91. The molecule has 0 fully saturated rings. The number of aliphatic hydroxyl groups excluding tert-OH is 1. The van der Waals surface area contributed by atoms with Gasteiger partial charge in [0.15, 0.2) is 0 Å². The molecule has 0 saturated heterocycles. The van der Waals surface area contributed by atoms with Crippen molar-refractivity contribution in [3.63, 3.8) is 0 Å². The summed E-state index contributed by atoms with van der Waals surface area (Å²) in [5.74, 6) is -1.23. The molecule has 96 valence electrons. The van der Waals surface area contributed by atoms with Crippen molar-refractivity contribution in [1.82, 2.24) is 0 Å². The first-order chi connectivity index (χ1) is 8.02. The summed E-state index contributed by atoms with van der Waals surface area (Å²) < 4.78 is 25.9. The fourth-order valence-corrected chi connectivity index (χ4v) is 1.76. The zero-order valence-corrected chi connectivity index (χ0v) is 10.00. The normalized spacial score (nSPS) is 14.6. The number of nitrogens with two attached hydrogens (primary N) is 1. The van der Waals surface area contributed by atoms with Crippen LogP contribution in [0.3, 0.4) is 0 Å². The number of rotatable bonds is 6. The van der Waals surface area contributed by atoms with Crippen LogP contribution >= 0.6 is 0 Å². The molecular weight excluding hydrogens is 224 g/mol. The lowest BCUT2D eigenvalue weighted by Gasteiger charge is -2.18. The van der Waals surface area contributed by atoms with E-state index in [1.807, 2.05) is 6.92 Å². The highest BCUT2D eigenvalue weighted by Gasteiger charge is 2.15. The molecule has 0 aromatic heterocycles. The third kappa shape index (κ3) is 4.79. The van der Waals surface area contributed by atoms with Crippen LogP contribution in [-0.2, 0) is 6.42 Å². The smallest absolute Gasteiger partial charge is 0.126 e. The molecule has 0 saturated carbocycles. The molecule has 1 rings (SSSR count). The monoisotopic (exact) mass is 243 g/mol. The van der Waals surface area contributed by atoms with Crippen LogP contribution in [0.1, 0.15) is 31.7 Å². The van der Waals surface area contributed by atoms with Crippen molar-refractivity contribution in [3.05, 3.63) is 35.4 Å². The Balaban J connectivity index is 2.57. The van der Waals surface area contributed by atoms with Gasteiger partial charge in [-0.05, 0) is 30.5 Å². The van der Waals surface area contributed by atoms with Crippen LogP contribution in [0, 0.1) is 11.6 Å². The molecule has 0 aliphatic carbocycles. The molecule has 3 N–H and O–H groups in total. The summed E-state index contributed by atoms with van der Waals surface area (Å²) in [4.78, 5) is 0. The number of hydrogen-bond acceptors (Lipinski definition) is 2. The van der Waals surface area contributed by atoms with Gasteiger partial charge in [-0.25, -0.2) is 8.78 Å². The maximum Gasteiger partial charge on any atom is 0.126 e. The number of aliphatic hydroxyl groups is 1. The Labute approximate surface area is 100 Å². The van der Waals surface area contributed by atoms with Crippen molar-refractivity contribution in [2.24, 2.45) is 5.73 Å². The molecule has 0 heterocycles. The van der Waals surface area contributed by atoms with Crippen LogP contribution in [-0.4, -0.2) is 17.3 Å². The van der Waals surface area contributed by atoms with E-state index in [0.717, 1.165) is 18.9 Å². The van der Waals surface area contributed by atoms with E-state index >= 15 is 0 Å². The molecule has 0 spiro atoms. The van der Waals surface area contributed by atoms with Gasteiger partial charge in [-0.15, -0.1) is 0 Å². The quantitative estimate of drug-likeness (QED) is 0.805. The van der Waals surface area contributed by atoms with E-state index in [0.29, 0.717) is 12.0 Å². The SMILES string of the molecule is CCCC[C@H](O)[C@H](N)Cc1cc(F)cc(F)c1. The van der Waals surface area contributed by atoms with Crippen LogP contribution in [0.15, 0.2) is 18.2 Å². The van der Waals surface area contributed by atoms with Crippen molar-refractivity contribution in [1.29, 1.82) is 0 Å². The second-order valence-corrected chi connectivity index (χ2v) is 4.36. The minimum absolute atomic E-state index is 0.277. The fraction of sp³-hybridized carbons (Fsp3) is 0.538. The lowest BCUT2D eigenvalue weighted by atomic mass is 9.98. The van der Waals surface area contributed by atoms with Gasteiger partial charge < -0.3 is 10.8 Å². The van der Waals surface area contributed by atoms with Gasteiger partial charge in [-0.2, -0.15) is 0 Å². The van der Waals surface area contributed by atoms with Crippen molar-refractivity contribution >= 4 is 0 Å². The van der Waals surface area contributed by atoms with E-state index in [2.05, 4.69) is 0 Å². The standard InChI is InChI=1S/C13H19F2NO/c1-2-3-4-13(17)12(16)7-9-5-10(14)8-11(15)6-9/h5-6,8,12-13,17H,2-4,7,16H2,1H3/t12-,13+/m1/s1. The van der Waals surface area contributed by atoms with Crippen LogP contribution < -0.4 is 5.73 Å². The van der Waals surface area contributed by atoms with E-state index < -0.39 is 23.8 Å². The predicted octanol–water partition coefficient (Wildman–Crippen LogP) is 2.39. The lowest BCUT2D eigenvalue weighted by molar-refractivity contribution is 0.132. The highest BCUT2D eigenvalue weighted by atomic mass is 19.1. The Morgan fingerprint density at radius 3 is 2.35 bits per heavy atom. The van der Waals surface area contributed by atoms with Crippen molar-refractivity contribution < 1.29 is 13.9 Å². The predicted molar refractivity (Wildman–Crippen MR) is 63.6 cm³/mol. The van der Waals surface area contributed by atoms with Gasteiger partial charge in [-0.1, -0.05) is 19.8 Å². The highest BCUT2D eigenvalue weighted by molar-refractivity contribution is 5.19. The van der Waals surface area contributed by atoms with Gasteiger partial charge in [0.25, 0.3) is 0 Å². The minimum Gasteiger partial charge on any atom is -0.392 e. The summed E-state index contributed by atoms with van der Waals surface area (Å²) in [5, 5.41) is 9.74. The van der Waals surface area contributed by atoms with Gasteiger partial charge in [-0.3, -0.25) is 0 Å². The maximum atomic E-state index is 12.9. The van der Waals surface area contributed by atoms with Crippen molar-refractivity contribution in [3.8, 4) is 0 Å². The first-order valence-electron chi connectivity index (χ1n) is 5.91. The molecule has 0 radical (unpaired) electrons. The Kier molecular flexibility index (Phi) is 5.51. The first kappa shape index (κ1) is 14.1. The van der Waals surface area contributed by atoms with Gasteiger partial charge in [0, 0.05) is 12.1 Å². The van der Waals surface area contributed by atoms with Gasteiger partial charge >= 0.3 is 0 Å². The summed E-state index contributed by atoms with van der Waals surface area (Å²) >= 11 is 0. The minimum atomic E-state index is -0.624. The Morgan fingerprint density at radius 1 is 1.24 bits per heavy atom. The molecule has 4 heteroatoms.